The van der Waals surface area contributed by atoms with Gasteiger partial charge in [-0.15, -0.1) is 11.3 Å². The third kappa shape index (κ3) is 2.25. The molecular formula is C8H9F2NO2S. The Balaban J connectivity index is 2.94. The first kappa shape index (κ1) is 11.0. The molecule has 0 spiro atoms. The summed E-state index contributed by atoms with van der Waals surface area (Å²) in [4.78, 5) is 14.4. The highest BCUT2D eigenvalue weighted by atomic mass is 32.1. The zero-order valence-corrected chi connectivity index (χ0v) is 8.44. The zero-order chi connectivity index (χ0) is 10.9. The van der Waals surface area contributed by atoms with Crippen molar-refractivity contribution in [3.05, 3.63) is 16.1 Å². The van der Waals surface area contributed by atoms with Crippen LogP contribution in [0.5, 0.6) is 0 Å². The summed E-state index contributed by atoms with van der Waals surface area (Å²) < 4.78 is 25.5. The summed E-state index contributed by atoms with van der Waals surface area (Å²) in [5.74, 6) is -4.83. The fourth-order valence-electron chi connectivity index (χ4n) is 0.811. The van der Waals surface area contributed by atoms with E-state index in [1.807, 2.05) is 0 Å². The van der Waals surface area contributed by atoms with Gasteiger partial charge in [-0.3, -0.25) is 4.79 Å². The SMILES string of the molecule is CC(C(=O)O)c1cnc(C(C)(F)F)s1. The van der Waals surface area contributed by atoms with Crippen LogP contribution in [0.3, 0.4) is 0 Å². The maximum atomic E-state index is 12.7. The number of hydrogen-bond donors (Lipinski definition) is 1. The molecule has 0 bridgehead atoms. The number of carbonyl (C=O) groups is 1. The van der Waals surface area contributed by atoms with Crippen LogP contribution in [0.15, 0.2) is 6.20 Å². The van der Waals surface area contributed by atoms with E-state index in [2.05, 4.69) is 4.98 Å². The van der Waals surface area contributed by atoms with Crippen molar-refractivity contribution >= 4 is 17.3 Å². The number of thiazole rings is 1. The second kappa shape index (κ2) is 3.61. The van der Waals surface area contributed by atoms with Crippen LogP contribution in [-0.2, 0) is 10.7 Å². The van der Waals surface area contributed by atoms with Crippen molar-refractivity contribution in [1.29, 1.82) is 0 Å². The van der Waals surface area contributed by atoms with Gasteiger partial charge in [0, 0.05) is 18.0 Å². The molecule has 0 aromatic carbocycles. The van der Waals surface area contributed by atoms with E-state index in [1.54, 1.807) is 0 Å². The number of carboxylic acids is 1. The maximum absolute atomic E-state index is 12.7. The van der Waals surface area contributed by atoms with Gasteiger partial charge in [0.2, 0.25) is 0 Å². The van der Waals surface area contributed by atoms with Gasteiger partial charge in [-0.2, -0.15) is 8.78 Å². The number of halogens is 2. The number of rotatable bonds is 3. The molecule has 0 aliphatic rings. The van der Waals surface area contributed by atoms with Crippen molar-refractivity contribution in [2.45, 2.75) is 25.7 Å². The van der Waals surface area contributed by atoms with Gasteiger partial charge in [0.05, 0.1) is 5.92 Å². The summed E-state index contributed by atoms with van der Waals surface area (Å²) in [6.45, 7) is 2.18. The van der Waals surface area contributed by atoms with E-state index in [0.717, 1.165) is 18.3 Å². The Morgan fingerprint density at radius 3 is 2.64 bits per heavy atom. The third-order valence-corrected chi connectivity index (χ3v) is 3.05. The van der Waals surface area contributed by atoms with Gasteiger partial charge in [0.15, 0.2) is 5.01 Å². The van der Waals surface area contributed by atoms with E-state index in [9.17, 15) is 13.6 Å². The molecule has 1 aromatic rings. The number of nitrogens with zero attached hydrogens (tertiary/aromatic N) is 1. The molecule has 14 heavy (non-hydrogen) atoms. The second-order valence-electron chi connectivity index (χ2n) is 3.02. The van der Waals surface area contributed by atoms with E-state index < -0.39 is 17.8 Å². The zero-order valence-electron chi connectivity index (χ0n) is 7.62. The van der Waals surface area contributed by atoms with Gasteiger partial charge in [-0.05, 0) is 6.92 Å². The van der Waals surface area contributed by atoms with Crippen LogP contribution >= 0.6 is 11.3 Å². The lowest BCUT2D eigenvalue weighted by molar-refractivity contribution is -0.138. The fourth-order valence-corrected chi connectivity index (χ4v) is 1.70. The molecule has 1 unspecified atom stereocenters. The molecule has 1 atom stereocenters. The topological polar surface area (TPSA) is 50.2 Å². The number of aromatic nitrogens is 1. The van der Waals surface area contributed by atoms with Gasteiger partial charge in [-0.1, -0.05) is 0 Å². The molecule has 0 radical (unpaired) electrons. The van der Waals surface area contributed by atoms with Crippen molar-refractivity contribution in [3.63, 3.8) is 0 Å². The monoisotopic (exact) mass is 221 g/mol. The van der Waals surface area contributed by atoms with E-state index in [1.165, 1.54) is 13.1 Å². The summed E-state index contributed by atoms with van der Waals surface area (Å²) in [5, 5.41) is 8.29. The Hall–Kier alpha value is -1.04. The molecule has 6 heteroatoms. The highest BCUT2D eigenvalue weighted by Crippen LogP contribution is 2.33. The lowest BCUT2D eigenvalue weighted by Gasteiger charge is -2.04. The van der Waals surface area contributed by atoms with E-state index in [0.29, 0.717) is 4.88 Å². The molecule has 0 saturated heterocycles. The van der Waals surface area contributed by atoms with Crippen LogP contribution in [0.2, 0.25) is 0 Å². The highest BCUT2D eigenvalue weighted by Gasteiger charge is 2.29. The fraction of sp³-hybridized carbons (Fsp3) is 0.500. The van der Waals surface area contributed by atoms with Crippen molar-refractivity contribution in [1.82, 2.24) is 4.98 Å². The summed E-state index contributed by atoms with van der Waals surface area (Å²) >= 11 is 0.734. The van der Waals surface area contributed by atoms with Crippen LogP contribution in [-0.4, -0.2) is 16.1 Å². The number of alkyl halides is 2. The summed E-state index contributed by atoms with van der Waals surface area (Å²) in [5.41, 5.74) is 0. The van der Waals surface area contributed by atoms with Crippen molar-refractivity contribution in [2.24, 2.45) is 0 Å². The maximum Gasteiger partial charge on any atom is 0.311 e. The summed E-state index contributed by atoms with van der Waals surface area (Å²) in [7, 11) is 0. The Labute approximate surface area is 83.4 Å². The lowest BCUT2D eigenvalue weighted by Crippen LogP contribution is -2.06. The number of carboxylic acid groups (broad SMARTS) is 1. The normalized spacial score (nSPS) is 14.0. The average molecular weight is 221 g/mol. The predicted octanol–water partition coefficient (Wildman–Crippen LogP) is 2.44. The van der Waals surface area contributed by atoms with Crippen LogP contribution in [0.1, 0.15) is 29.7 Å². The molecule has 1 heterocycles. The number of hydrogen-bond acceptors (Lipinski definition) is 3. The molecule has 78 valence electrons. The minimum Gasteiger partial charge on any atom is -0.481 e. The first-order chi connectivity index (χ1) is 6.32. The first-order valence-electron chi connectivity index (χ1n) is 3.89. The summed E-state index contributed by atoms with van der Waals surface area (Å²) in [6.07, 6.45) is 1.19. The standard InChI is InChI=1S/C8H9F2NO2S/c1-4(6(12)13)5-3-11-7(14-5)8(2,9)10/h3-4H,1-2H3,(H,12,13). The highest BCUT2D eigenvalue weighted by molar-refractivity contribution is 7.11. The van der Waals surface area contributed by atoms with Crippen molar-refractivity contribution < 1.29 is 18.7 Å². The van der Waals surface area contributed by atoms with Gasteiger partial charge in [0.25, 0.3) is 5.92 Å². The minimum absolute atomic E-state index is 0.342. The molecule has 3 nitrogen and oxygen atoms in total. The molecular weight excluding hydrogens is 212 g/mol. The molecule has 1 N–H and O–H groups in total. The van der Waals surface area contributed by atoms with Crippen LogP contribution < -0.4 is 0 Å². The van der Waals surface area contributed by atoms with Gasteiger partial charge < -0.3 is 5.11 Å². The lowest BCUT2D eigenvalue weighted by atomic mass is 10.2. The summed E-state index contributed by atoms with van der Waals surface area (Å²) in [6, 6.07) is 0. The third-order valence-electron chi connectivity index (χ3n) is 1.70. The van der Waals surface area contributed by atoms with Gasteiger partial charge in [-0.25, -0.2) is 4.98 Å². The minimum atomic E-state index is -3.00. The molecule has 1 aromatic heterocycles. The van der Waals surface area contributed by atoms with Crippen LogP contribution in [0.25, 0.3) is 0 Å². The van der Waals surface area contributed by atoms with Crippen LogP contribution in [0.4, 0.5) is 8.78 Å². The van der Waals surface area contributed by atoms with Crippen molar-refractivity contribution in [2.75, 3.05) is 0 Å². The van der Waals surface area contributed by atoms with Crippen LogP contribution in [0, 0.1) is 0 Å². The second-order valence-corrected chi connectivity index (χ2v) is 4.08. The van der Waals surface area contributed by atoms with Gasteiger partial charge in [0.1, 0.15) is 0 Å². The molecule has 0 aliphatic heterocycles. The van der Waals surface area contributed by atoms with E-state index in [4.69, 9.17) is 5.11 Å². The van der Waals surface area contributed by atoms with E-state index in [-0.39, 0.29) is 5.01 Å². The molecule has 0 aliphatic carbocycles. The van der Waals surface area contributed by atoms with Gasteiger partial charge >= 0.3 is 5.97 Å². The molecule has 1 rings (SSSR count). The Bertz CT molecular complexity index is 345. The predicted molar refractivity (Wildman–Crippen MR) is 47.7 cm³/mol. The van der Waals surface area contributed by atoms with E-state index >= 15 is 0 Å². The molecule has 0 amide bonds. The Kier molecular flexibility index (Phi) is 2.84. The molecule has 0 fully saturated rings. The number of aliphatic carboxylic acids is 1. The molecule has 0 saturated carbocycles. The average Bonchev–Trinajstić information content (AvgIpc) is 2.49. The quantitative estimate of drug-likeness (QED) is 0.852. The Morgan fingerprint density at radius 1 is 1.71 bits per heavy atom. The Morgan fingerprint density at radius 2 is 2.29 bits per heavy atom. The van der Waals surface area contributed by atoms with Crippen molar-refractivity contribution in [3.8, 4) is 0 Å². The largest absolute Gasteiger partial charge is 0.481 e. The first-order valence-corrected chi connectivity index (χ1v) is 4.71. The smallest absolute Gasteiger partial charge is 0.311 e.